The second-order valence-electron chi connectivity index (χ2n) is 25.8. The molecule has 0 aliphatic rings. The lowest BCUT2D eigenvalue weighted by Crippen LogP contribution is -2.30. The molecule has 0 heterocycles. The van der Waals surface area contributed by atoms with Crippen molar-refractivity contribution in [1.82, 2.24) is 0 Å². The first-order valence-electron chi connectivity index (χ1n) is 35.7. The second kappa shape index (κ2) is 60.5. The van der Waals surface area contributed by atoms with Crippen LogP contribution in [0.25, 0.3) is 0 Å². The highest BCUT2D eigenvalue weighted by molar-refractivity contribution is 7.47. The van der Waals surface area contributed by atoms with Gasteiger partial charge in [-0.05, 0) is 69.1 Å². The zero-order chi connectivity index (χ0) is 65.9. The molecule has 524 valence electrons. The molecule has 0 aromatic heterocycles. The van der Waals surface area contributed by atoms with Crippen LogP contribution in [0, 0.1) is 17.8 Å². The quantitative estimate of drug-likeness (QED) is 0.0169. The molecule has 6 atom stereocenters. The molecule has 4 unspecified atom stereocenters. The van der Waals surface area contributed by atoms with E-state index in [-0.39, 0.29) is 25.7 Å². The highest BCUT2D eigenvalue weighted by Gasteiger charge is 2.30. The number of hydrogen-bond acceptors (Lipinski definition) is 15. The number of carbonyl (C=O) groups excluding carboxylic acids is 4. The first-order chi connectivity index (χ1) is 42.8. The van der Waals surface area contributed by atoms with E-state index in [0.29, 0.717) is 37.5 Å². The van der Waals surface area contributed by atoms with E-state index in [1.165, 1.54) is 109 Å². The van der Waals surface area contributed by atoms with Crippen LogP contribution in [0.5, 0.6) is 0 Å². The van der Waals surface area contributed by atoms with Crippen LogP contribution in [-0.4, -0.2) is 96.7 Å². The molecule has 0 radical (unpaired) electrons. The molecule has 17 nitrogen and oxygen atoms in total. The highest BCUT2D eigenvalue weighted by atomic mass is 31.2. The van der Waals surface area contributed by atoms with E-state index in [9.17, 15) is 43.2 Å². The fraction of sp³-hybridized carbons (Fsp3) is 0.886. The predicted octanol–water partition coefficient (Wildman–Crippen LogP) is 19.4. The molecule has 0 aromatic carbocycles. The van der Waals surface area contributed by atoms with Crippen molar-refractivity contribution in [3.05, 3.63) is 24.3 Å². The summed E-state index contributed by atoms with van der Waals surface area (Å²) in [6.07, 6.45) is 46.7. The Kier molecular flexibility index (Phi) is 58.8. The van der Waals surface area contributed by atoms with Gasteiger partial charge in [-0.15, -0.1) is 0 Å². The summed E-state index contributed by atoms with van der Waals surface area (Å²) in [5.74, 6) is 0.0471. The fourth-order valence-electron chi connectivity index (χ4n) is 9.97. The van der Waals surface area contributed by atoms with Crippen LogP contribution in [-0.2, 0) is 65.4 Å². The molecule has 0 bridgehead atoms. The van der Waals surface area contributed by atoms with Gasteiger partial charge in [-0.1, -0.05) is 272 Å². The molecule has 0 aliphatic carbocycles. The molecule has 89 heavy (non-hydrogen) atoms. The number of rotatable bonds is 66. The number of phosphoric acid groups is 2. The summed E-state index contributed by atoms with van der Waals surface area (Å²) in [6, 6.07) is 0. The predicted molar refractivity (Wildman–Crippen MR) is 358 cm³/mol. The molecule has 0 saturated heterocycles. The van der Waals surface area contributed by atoms with E-state index >= 15 is 0 Å². The summed E-state index contributed by atoms with van der Waals surface area (Å²) >= 11 is 0. The van der Waals surface area contributed by atoms with Crippen LogP contribution in [0.2, 0.25) is 0 Å². The van der Waals surface area contributed by atoms with Gasteiger partial charge in [0.2, 0.25) is 0 Å². The zero-order valence-electron chi connectivity index (χ0n) is 57.4. The number of allylic oxidation sites excluding steroid dienone is 4. The SMILES string of the molecule is CCCCCC/C=C\C=C/CCCCCCCC(=O)O[C@H](COC(=O)CCCCCCCCCC(C)C)COP(=O)(O)OCC(O)COP(=O)(O)OC[C@@H](COC(=O)CCCCCCCCCC(C)C)OC(=O)CCCCCCCCCCCCC(C)CC. The lowest BCUT2D eigenvalue weighted by molar-refractivity contribution is -0.161. The van der Waals surface area contributed by atoms with Crippen molar-refractivity contribution in [3.8, 4) is 0 Å². The summed E-state index contributed by atoms with van der Waals surface area (Å²) in [4.78, 5) is 72.5. The Morgan fingerprint density at radius 3 is 1.00 bits per heavy atom. The number of unbranched alkanes of at least 4 members (excludes halogenated alkanes) is 30. The van der Waals surface area contributed by atoms with Crippen LogP contribution < -0.4 is 0 Å². The number of ether oxygens (including phenoxy) is 4. The minimum Gasteiger partial charge on any atom is -0.462 e. The number of aliphatic hydroxyl groups excluding tert-OH is 1. The normalized spacial score (nSPS) is 14.7. The van der Waals surface area contributed by atoms with E-state index in [1.807, 2.05) is 0 Å². The Balaban J connectivity index is 5.29. The van der Waals surface area contributed by atoms with E-state index in [2.05, 4.69) is 72.8 Å². The maximum atomic E-state index is 13.0. The standard InChI is InChI=1S/C70H132O17P2/c1-8-10-11-12-13-14-15-16-17-18-19-23-30-39-46-53-69(74)86-65(57-80-67(72)51-44-37-32-25-27-34-41-48-61(3)4)59-84-88(76,77)82-55-64(71)56-83-89(78,79)85-60-66(58-81-68(73)52-45-38-33-26-28-35-42-49-62(5)6)87-70(75)54-47-40-31-24-21-20-22-29-36-43-50-63(7)9-2/h14-17,61-66,71H,8-13,18-60H2,1-7H3,(H,76,77)(H,78,79)/b15-14-,17-16-/t63?,64?,65-,66-/m1/s1. The van der Waals surface area contributed by atoms with Gasteiger partial charge in [0, 0.05) is 25.7 Å². The Labute approximate surface area is 542 Å². The van der Waals surface area contributed by atoms with Crippen LogP contribution in [0.3, 0.4) is 0 Å². The second-order valence-corrected chi connectivity index (χ2v) is 28.7. The summed E-state index contributed by atoms with van der Waals surface area (Å²) < 4.78 is 68.2. The minimum absolute atomic E-state index is 0.0837. The lowest BCUT2D eigenvalue weighted by atomic mass is 9.99. The van der Waals surface area contributed by atoms with Crippen LogP contribution >= 0.6 is 15.6 Å². The molecule has 0 fully saturated rings. The third kappa shape index (κ3) is 62.7. The Morgan fingerprint density at radius 1 is 0.371 bits per heavy atom. The maximum Gasteiger partial charge on any atom is 0.472 e. The van der Waals surface area contributed by atoms with Crippen molar-refractivity contribution < 1.29 is 80.2 Å². The average Bonchev–Trinajstić information content (AvgIpc) is 3.69. The van der Waals surface area contributed by atoms with Crippen molar-refractivity contribution in [2.24, 2.45) is 17.8 Å². The Bertz CT molecular complexity index is 1840. The van der Waals surface area contributed by atoms with Gasteiger partial charge in [0.25, 0.3) is 0 Å². The molecule has 0 aliphatic heterocycles. The summed E-state index contributed by atoms with van der Waals surface area (Å²) in [5, 5.41) is 10.6. The summed E-state index contributed by atoms with van der Waals surface area (Å²) in [7, 11) is -9.91. The molecular formula is C70H132O17P2. The Hall–Kier alpha value is -2.46. The molecule has 0 rings (SSSR count). The van der Waals surface area contributed by atoms with Crippen molar-refractivity contribution >= 4 is 39.5 Å². The molecule has 0 spiro atoms. The van der Waals surface area contributed by atoms with Crippen molar-refractivity contribution in [1.29, 1.82) is 0 Å². The molecule has 0 saturated carbocycles. The monoisotopic (exact) mass is 1310 g/mol. The number of carbonyl (C=O) groups is 4. The molecule has 0 aromatic rings. The topological polar surface area (TPSA) is 237 Å². The number of aliphatic hydroxyl groups is 1. The molecule has 3 N–H and O–H groups in total. The van der Waals surface area contributed by atoms with Gasteiger partial charge in [-0.3, -0.25) is 37.3 Å². The van der Waals surface area contributed by atoms with Gasteiger partial charge in [-0.25, -0.2) is 9.13 Å². The van der Waals surface area contributed by atoms with Crippen molar-refractivity contribution in [2.75, 3.05) is 39.6 Å². The number of hydrogen-bond donors (Lipinski definition) is 3. The average molecular weight is 1310 g/mol. The van der Waals surface area contributed by atoms with Gasteiger partial charge in [0.05, 0.1) is 26.4 Å². The van der Waals surface area contributed by atoms with Gasteiger partial charge in [0.1, 0.15) is 19.3 Å². The smallest absolute Gasteiger partial charge is 0.462 e. The van der Waals surface area contributed by atoms with Gasteiger partial charge < -0.3 is 33.8 Å². The van der Waals surface area contributed by atoms with Crippen LogP contribution in [0.4, 0.5) is 0 Å². The van der Waals surface area contributed by atoms with Gasteiger partial charge in [0.15, 0.2) is 12.2 Å². The van der Waals surface area contributed by atoms with Gasteiger partial charge >= 0.3 is 39.5 Å². The Morgan fingerprint density at radius 2 is 0.663 bits per heavy atom. The lowest BCUT2D eigenvalue weighted by Gasteiger charge is -2.21. The fourth-order valence-corrected chi connectivity index (χ4v) is 11.5. The largest absolute Gasteiger partial charge is 0.472 e. The van der Waals surface area contributed by atoms with Gasteiger partial charge in [-0.2, -0.15) is 0 Å². The summed E-state index contributed by atoms with van der Waals surface area (Å²) in [6.45, 7) is 11.7. The summed E-state index contributed by atoms with van der Waals surface area (Å²) in [5.41, 5.74) is 0. The third-order valence-electron chi connectivity index (χ3n) is 15.9. The van der Waals surface area contributed by atoms with Crippen LogP contribution in [0.1, 0.15) is 325 Å². The van der Waals surface area contributed by atoms with Crippen molar-refractivity contribution in [2.45, 2.75) is 343 Å². The first-order valence-corrected chi connectivity index (χ1v) is 38.7. The number of phosphoric ester groups is 2. The van der Waals surface area contributed by atoms with Crippen LogP contribution in [0.15, 0.2) is 24.3 Å². The third-order valence-corrected chi connectivity index (χ3v) is 17.8. The van der Waals surface area contributed by atoms with E-state index in [1.54, 1.807) is 0 Å². The highest BCUT2D eigenvalue weighted by Crippen LogP contribution is 2.45. The minimum atomic E-state index is -4.96. The molecule has 19 heteroatoms. The van der Waals surface area contributed by atoms with E-state index < -0.39 is 97.5 Å². The number of esters is 4. The molecule has 0 amide bonds. The van der Waals surface area contributed by atoms with Crippen molar-refractivity contribution in [3.63, 3.8) is 0 Å². The zero-order valence-corrected chi connectivity index (χ0v) is 59.2. The first kappa shape index (κ1) is 86.5. The van der Waals surface area contributed by atoms with E-state index in [0.717, 1.165) is 121 Å². The maximum absolute atomic E-state index is 13.0. The van der Waals surface area contributed by atoms with E-state index in [4.69, 9.17) is 37.0 Å². The molecular weight excluding hydrogens is 1170 g/mol.